The minimum absolute atomic E-state index is 0.000494. The van der Waals surface area contributed by atoms with Gasteiger partial charge in [0.2, 0.25) is 5.91 Å². The Labute approximate surface area is 144 Å². The van der Waals surface area contributed by atoms with Gasteiger partial charge in [-0.1, -0.05) is 12.1 Å². The standard InChI is InChI=1S/C17H19N7O/c1-18-16-10-19-9-14(20-16)15-7-4-8-23(15)17(25)11-24-21-12-5-2-3-6-13(12)22-24/h2-3,5-6,9-10,15H,4,7-8,11H2,1H3,(H,18,20)/t15-/m1/s1. The molecule has 1 saturated heterocycles. The monoisotopic (exact) mass is 337 g/mol. The smallest absolute Gasteiger partial charge is 0.246 e. The largest absolute Gasteiger partial charge is 0.372 e. The zero-order valence-corrected chi connectivity index (χ0v) is 14.0. The molecule has 0 spiro atoms. The highest BCUT2D eigenvalue weighted by atomic mass is 16.2. The Morgan fingerprint density at radius 3 is 2.72 bits per heavy atom. The van der Waals surface area contributed by atoms with Crippen LogP contribution in [0.4, 0.5) is 5.82 Å². The number of fused-ring (bicyclic) bond motifs is 1. The average molecular weight is 337 g/mol. The van der Waals surface area contributed by atoms with Gasteiger partial charge in [0.15, 0.2) is 0 Å². The number of anilines is 1. The fraction of sp³-hybridized carbons (Fsp3) is 0.353. The van der Waals surface area contributed by atoms with Crippen molar-refractivity contribution >= 4 is 22.8 Å². The number of rotatable bonds is 4. The molecule has 0 aliphatic carbocycles. The third-order valence-corrected chi connectivity index (χ3v) is 4.43. The molecule has 0 saturated carbocycles. The summed E-state index contributed by atoms with van der Waals surface area (Å²) in [5.41, 5.74) is 2.40. The van der Waals surface area contributed by atoms with Gasteiger partial charge in [0, 0.05) is 13.6 Å². The molecule has 8 heteroatoms. The van der Waals surface area contributed by atoms with E-state index in [1.807, 2.05) is 29.2 Å². The number of amides is 1. The molecular weight excluding hydrogens is 318 g/mol. The van der Waals surface area contributed by atoms with Crippen molar-refractivity contribution < 1.29 is 4.79 Å². The SMILES string of the molecule is CNc1cncc([C@H]2CCCN2C(=O)Cn2nc3ccccc3n2)n1. The normalized spacial score (nSPS) is 17.2. The van der Waals surface area contributed by atoms with Crippen LogP contribution in [0.2, 0.25) is 0 Å². The lowest BCUT2D eigenvalue weighted by Crippen LogP contribution is -2.34. The molecule has 1 aliphatic rings. The summed E-state index contributed by atoms with van der Waals surface area (Å²) >= 11 is 0. The van der Waals surface area contributed by atoms with Crippen LogP contribution in [-0.4, -0.2) is 49.4 Å². The van der Waals surface area contributed by atoms with Gasteiger partial charge in [-0.2, -0.15) is 15.0 Å². The first-order chi connectivity index (χ1) is 12.2. The zero-order chi connectivity index (χ0) is 17.2. The molecule has 1 N–H and O–H groups in total. The summed E-state index contributed by atoms with van der Waals surface area (Å²) in [6, 6.07) is 7.56. The molecule has 8 nitrogen and oxygen atoms in total. The number of benzene rings is 1. The third kappa shape index (κ3) is 3.02. The minimum Gasteiger partial charge on any atom is -0.372 e. The Hall–Kier alpha value is -3.03. The fourth-order valence-corrected chi connectivity index (χ4v) is 3.22. The van der Waals surface area contributed by atoms with Crippen LogP contribution < -0.4 is 5.32 Å². The van der Waals surface area contributed by atoms with Gasteiger partial charge < -0.3 is 10.2 Å². The number of carbonyl (C=O) groups excluding carboxylic acids is 1. The van der Waals surface area contributed by atoms with E-state index < -0.39 is 0 Å². The minimum atomic E-state index is -0.0433. The molecule has 0 unspecified atom stereocenters. The van der Waals surface area contributed by atoms with Crippen molar-refractivity contribution in [1.29, 1.82) is 0 Å². The van der Waals surface area contributed by atoms with Crippen molar-refractivity contribution in [3.05, 3.63) is 42.4 Å². The van der Waals surface area contributed by atoms with E-state index in [0.717, 1.165) is 36.1 Å². The first kappa shape index (κ1) is 15.5. The quantitative estimate of drug-likeness (QED) is 0.778. The number of nitrogens with one attached hydrogen (secondary N) is 1. The van der Waals surface area contributed by atoms with Gasteiger partial charge in [0.25, 0.3) is 0 Å². The van der Waals surface area contributed by atoms with Crippen LogP contribution in [0.1, 0.15) is 24.6 Å². The number of likely N-dealkylation sites (tertiary alicyclic amines) is 1. The Bertz CT molecular complexity index is 874. The summed E-state index contributed by atoms with van der Waals surface area (Å²) in [7, 11) is 1.80. The Kier molecular flexibility index (Phi) is 4.01. The Balaban J connectivity index is 1.53. The maximum absolute atomic E-state index is 12.8. The first-order valence-electron chi connectivity index (χ1n) is 8.33. The van der Waals surface area contributed by atoms with E-state index in [4.69, 9.17) is 0 Å². The molecule has 0 radical (unpaired) electrons. The van der Waals surface area contributed by atoms with Gasteiger partial charge in [-0.25, -0.2) is 4.98 Å². The molecule has 25 heavy (non-hydrogen) atoms. The van der Waals surface area contributed by atoms with Crippen LogP contribution in [0.3, 0.4) is 0 Å². The lowest BCUT2D eigenvalue weighted by atomic mass is 10.1. The van der Waals surface area contributed by atoms with Crippen molar-refractivity contribution in [1.82, 2.24) is 29.9 Å². The van der Waals surface area contributed by atoms with Crippen LogP contribution in [0.5, 0.6) is 0 Å². The third-order valence-electron chi connectivity index (χ3n) is 4.43. The number of hydrogen-bond donors (Lipinski definition) is 1. The summed E-state index contributed by atoms with van der Waals surface area (Å²) < 4.78 is 0. The van der Waals surface area contributed by atoms with Crippen molar-refractivity contribution in [2.24, 2.45) is 0 Å². The molecule has 1 fully saturated rings. The topological polar surface area (TPSA) is 88.8 Å². The second kappa shape index (κ2) is 6.46. The molecule has 1 aromatic carbocycles. The number of nitrogens with zero attached hydrogens (tertiary/aromatic N) is 6. The molecule has 128 valence electrons. The van der Waals surface area contributed by atoms with Crippen LogP contribution >= 0.6 is 0 Å². The summed E-state index contributed by atoms with van der Waals surface area (Å²) in [6.45, 7) is 0.847. The van der Waals surface area contributed by atoms with E-state index in [2.05, 4.69) is 25.5 Å². The van der Waals surface area contributed by atoms with E-state index >= 15 is 0 Å². The van der Waals surface area contributed by atoms with E-state index in [9.17, 15) is 4.79 Å². The molecule has 1 aliphatic heterocycles. The molecule has 3 aromatic rings. The van der Waals surface area contributed by atoms with Crippen molar-refractivity contribution in [2.75, 3.05) is 18.9 Å². The van der Waals surface area contributed by atoms with Crippen molar-refractivity contribution in [3.8, 4) is 0 Å². The summed E-state index contributed by atoms with van der Waals surface area (Å²) in [5, 5.41) is 11.7. The fourth-order valence-electron chi connectivity index (χ4n) is 3.22. The Morgan fingerprint density at radius 2 is 2.00 bits per heavy atom. The van der Waals surface area contributed by atoms with E-state index in [1.54, 1.807) is 19.4 Å². The van der Waals surface area contributed by atoms with Crippen LogP contribution in [0.25, 0.3) is 11.0 Å². The van der Waals surface area contributed by atoms with Gasteiger partial charge in [-0.15, -0.1) is 0 Å². The van der Waals surface area contributed by atoms with E-state index in [-0.39, 0.29) is 18.5 Å². The lowest BCUT2D eigenvalue weighted by Gasteiger charge is -2.24. The van der Waals surface area contributed by atoms with Gasteiger partial charge in [-0.3, -0.25) is 9.78 Å². The van der Waals surface area contributed by atoms with Crippen molar-refractivity contribution in [3.63, 3.8) is 0 Å². The average Bonchev–Trinajstić information content (AvgIpc) is 3.28. The molecule has 1 amide bonds. The summed E-state index contributed by atoms with van der Waals surface area (Å²) in [4.78, 5) is 24.9. The highest BCUT2D eigenvalue weighted by molar-refractivity contribution is 5.77. The van der Waals surface area contributed by atoms with E-state index in [0.29, 0.717) is 5.82 Å². The predicted octanol–water partition coefficient (Wildman–Crippen LogP) is 1.63. The highest BCUT2D eigenvalue weighted by Crippen LogP contribution is 2.31. The van der Waals surface area contributed by atoms with Gasteiger partial charge in [-0.05, 0) is 25.0 Å². The summed E-state index contributed by atoms with van der Waals surface area (Å²) in [6.07, 6.45) is 5.25. The molecule has 2 aromatic heterocycles. The number of carbonyl (C=O) groups is 1. The highest BCUT2D eigenvalue weighted by Gasteiger charge is 2.31. The van der Waals surface area contributed by atoms with Gasteiger partial charge >= 0.3 is 0 Å². The second-order valence-electron chi connectivity index (χ2n) is 6.04. The molecule has 4 rings (SSSR count). The lowest BCUT2D eigenvalue weighted by molar-refractivity contribution is -0.133. The Morgan fingerprint density at radius 1 is 1.24 bits per heavy atom. The predicted molar refractivity (Wildman–Crippen MR) is 92.8 cm³/mol. The van der Waals surface area contributed by atoms with Gasteiger partial charge in [0.05, 0.1) is 24.1 Å². The van der Waals surface area contributed by atoms with Crippen LogP contribution in [0.15, 0.2) is 36.7 Å². The van der Waals surface area contributed by atoms with E-state index in [1.165, 1.54) is 4.80 Å². The molecule has 3 heterocycles. The zero-order valence-electron chi connectivity index (χ0n) is 14.0. The molecule has 1 atom stereocenters. The van der Waals surface area contributed by atoms with Crippen LogP contribution in [0, 0.1) is 0 Å². The number of aromatic nitrogens is 5. The molecule has 0 bridgehead atoms. The maximum Gasteiger partial charge on any atom is 0.246 e. The second-order valence-corrected chi connectivity index (χ2v) is 6.04. The first-order valence-corrected chi connectivity index (χ1v) is 8.33. The molecular formula is C17H19N7O. The number of hydrogen-bond acceptors (Lipinski definition) is 6. The van der Waals surface area contributed by atoms with Crippen LogP contribution in [-0.2, 0) is 11.3 Å². The van der Waals surface area contributed by atoms with Gasteiger partial charge in [0.1, 0.15) is 23.4 Å². The summed E-state index contributed by atoms with van der Waals surface area (Å²) in [5.74, 6) is 0.705. The van der Waals surface area contributed by atoms with Crippen molar-refractivity contribution in [2.45, 2.75) is 25.4 Å². The maximum atomic E-state index is 12.8.